The Bertz CT molecular complexity index is 1230. The second-order valence-corrected chi connectivity index (χ2v) is 9.40. The Morgan fingerprint density at radius 1 is 1.09 bits per heavy atom. The molecule has 9 nitrogen and oxygen atoms in total. The van der Waals surface area contributed by atoms with Crippen LogP contribution in [0.5, 0.6) is 0 Å². The minimum atomic E-state index is -1.03. The van der Waals surface area contributed by atoms with Gasteiger partial charge in [-0.25, -0.2) is 14.6 Å². The first kappa shape index (κ1) is 23.0. The van der Waals surface area contributed by atoms with Crippen molar-refractivity contribution in [1.82, 2.24) is 10.3 Å². The molecule has 3 aromatic rings. The molecule has 10 heteroatoms. The lowest BCUT2D eigenvalue weighted by Crippen LogP contribution is -2.36. The maximum absolute atomic E-state index is 12.4. The summed E-state index contributed by atoms with van der Waals surface area (Å²) in [6.45, 7) is 0.710. The molecule has 2 heterocycles. The molecule has 35 heavy (non-hydrogen) atoms. The number of hydrogen-bond acceptors (Lipinski definition) is 7. The second-order valence-electron chi connectivity index (χ2n) is 8.37. The monoisotopic (exact) mass is 493 g/mol. The Morgan fingerprint density at radius 3 is 2.46 bits per heavy atom. The van der Waals surface area contributed by atoms with Crippen LogP contribution < -0.4 is 10.6 Å². The standard InChI is InChI=1S/C25H23N3O6S/c29-22(26-11-14-9-10-33-21(14)23(30)31)20-12-27-24(35-20)28-25(32)34-13-19-17-7-3-1-5-15(17)16-6-2-4-8-18(16)19/h1-8,12,14,19,21H,9-11,13H2,(H,26,29)(H,30,31)(H,27,28,32)/t14-,21-/m1/s1. The fourth-order valence-electron chi connectivity index (χ4n) is 4.59. The summed E-state index contributed by atoms with van der Waals surface area (Å²) in [5, 5.41) is 14.7. The summed E-state index contributed by atoms with van der Waals surface area (Å²) in [5.74, 6) is -1.77. The highest BCUT2D eigenvalue weighted by Gasteiger charge is 2.34. The van der Waals surface area contributed by atoms with Gasteiger partial charge in [0.05, 0.1) is 6.20 Å². The fourth-order valence-corrected chi connectivity index (χ4v) is 5.30. The van der Waals surface area contributed by atoms with Crippen LogP contribution in [-0.2, 0) is 14.3 Å². The maximum atomic E-state index is 12.4. The molecule has 1 aromatic heterocycles. The quantitative estimate of drug-likeness (QED) is 0.458. The van der Waals surface area contributed by atoms with Crippen LogP contribution in [0.25, 0.3) is 11.1 Å². The van der Waals surface area contributed by atoms with E-state index in [2.05, 4.69) is 27.8 Å². The van der Waals surface area contributed by atoms with Crippen LogP contribution in [0.2, 0.25) is 0 Å². The Balaban J connectivity index is 1.15. The molecule has 2 atom stereocenters. The number of aromatic nitrogens is 1. The van der Waals surface area contributed by atoms with Gasteiger partial charge in [-0.15, -0.1) is 0 Å². The SMILES string of the molecule is O=C(Nc1ncc(C(=O)NC[C@H]2CCO[C@H]2C(=O)O)s1)OCC1c2ccccc2-c2ccccc21. The number of nitrogens with one attached hydrogen (secondary N) is 2. The van der Waals surface area contributed by atoms with Crippen LogP contribution in [-0.4, -0.2) is 53.9 Å². The number of carboxylic acid groups (broad SMARTS) is 1. The zero-order chi connectivity index (χ0) is 24.4. The van der Waals surface area contributed by atoms with E-state index in [1.54, 1.807) is 0 Å². The maximum Gasteiger partial charge on any atom is 0.413 e. The van der Waals surface area contributed by atoms with Gasteiger partial charge in [-0.05, 0) is 28.7 Å². The number of carbonyl (C=O) groups excluding carboxylic acids is 2. The molecular weight excluding hydrogens is 470 g/mol. The molecule has 0 spiro atoms. The van der Waals surface area contributed by atoms with Gasteiger partial charge in [-0.1, -0.05) is 59.9 Å². The number of nitrogens with zero attached hydrogens (tertiary/aromatic N) is 1. The lowest BCUT2D eigenvalue weighted by Gasteiger charge is -2.14. The molecule has 1 fully saturated rings. The highest BCUT2D eigenvalue weighted by Crippen LogP contribution is 2.44. The van der Waals surface area contributed by atoms with Gasteiger partial charge in [-0.2, -0.15) is 0 Å². The van der Waals surface area contributed by atoms with Gasteiger partial charge in [0.15, 0.2) is 11.2 Å². The van der Waals surface area contributed by atoms with Gasteiger partial charge in [0.1, 0.15) is 11.5 Å². The van der Waals surface area contributed by atoms with Gasteiger partial charge in [0.25, 0.3) is 5.91 Å². The van der Waals surface area contributed by atoms with Crippen LogP contribution in [0.1, 0.15) is 33.1 Å². The second kappa shape index (κ2) is 9.85. The highest BCUT2D eigenvalue weighted by molar-refractivity contribution is 7.17. The molecule has 1 saturated heterocycles. The van der Waals surface area contributed by atoms with Gasteiger partial charge < -0.3 is 19.9 Å². The van der Waals surface area contributed by atoms with Crippen LogP contribution in [0.3, 0.4) is 0 Å². The Morgan fingerprint density at radius 2 is 1.77 bits per heavy atom. The van der Waals surface area contributed by atoms with Gasteiger partial charge in [0, 0.05) is 25.0 Å². The summed E-state index contributed by atoms with van der Waals surface area (Å²) in [5.41, 5.74) is 4.53. The zero-order valence-corrected chi connectivity index (χ0v) is 19.4. The predicted molar refractivity (Wildman–Crippen MR) is 129 cm³/mol. The predicted octanol–water partition coefficient (Wildman–Crippen LogP) is 3.72. The molecule has 0 bridgehead atoms. The summed E-state index contributed by atoms with van der Waals surface area (Å²) in [4.78, 5) is 40.4. The summed E-state index contributed by atoms with van der Waals surface area (Å²) in [6, 6.07) is 16.2. The summed E-state index contributed by atoms with van der Waals surface area (Å²) in [6.07, 6.45) is 0.357. The van der Waals surface area contributed by atoms with E-state index in [1.165, 1.54) is 6.20 Å². The van der Waals surface area contributed by atoms with Crippen molar-refractivity contribution in [3.8, 4) is 11.1 Å². The smallest absolute Gasteiger partial charge is 0.413 e. The third kappa shape index (κ3) is 4.75. The number of amides is 2. The number of thiazole rings is 1. The van der Waals surface area contributed by atoms with Gasteiger partial charge in [0.2, 0.25) is 0 Å². The van der Waals surface area contributed by atoms with E-state index in [-0.39, 0.29) is 36.0 Å². The van der Waals surface area contributed by atoms with Crippen molar-refractivity contribution in [3.63, 3.8) is 0 Å². The third-order valence-corrected chi connectivity index (χ3v) is 7.18. The number of ether oxygens (including phenoxy) is 2. The van der Waals surface area contributed by atoms with Crippen LogP contribution >= 0.6 is 11.3 Å². The van der Waals surface area contributed by atoms with Crippen molar-refractivity contribution in [1.29, 1.82) is 0 Å². The molecule has 2 amide bonds. The lowest BCUT2D eigenvalue weighted by molar-refractivity contribution is -0.149. The van der Waals surface area contributed by atoms with Crippen LogP contribution in [0.15, 0.2) is 54.7 Å². The van der Waals surface area contributed by atoms with Crippen molar-refractivity contribution in [2.45, 2.75) is 18.4 Å². The van der Waals surface area contributed by atoms with Crippen molar-refractivity contribution < 1.29 is 29.0 Å². The average molecular weight is 494 g/mol. The number of hydrogen-bond donors (Lipinski definition) is 3. The number of rotatable bonds is 7. The summed E-state index contributed by atoms with van der Waals surface area (Å²) in [7, 11) is 0. The van der Waals surface area contributed by atoms with Crippen molar-refractivity contribution in [2.75, 3.05) is 25.1 Å². The molecule has 2 aliphatic rings. The molecule has 0 unspecified atom stereocenters. The number of fused-ring (bicyclic) bond motifs is 3. The minimum Gasteiger partial charge on any atom is -0.479 e. The first-order chi connectivity index (χ1) is 17.0. The lowest BCUT2D eigenvalue weighted by atomic mass is 9.98. The molecule has 3 N–H and O–H groups in total. The van der Waals surface area contributed by atoms with E-state index in [1.807, 2.05) is 36.4 Å². The van der Waals surface area contributed by atoms with E-state index in [0.717, 1.165) is 33.6 Å². The Hall–Kier alpha value is -3.76. The molecule has 1 aliphatic heterocycles. The van der Waals surface area contributed by atoms with E-state index in [9.17, 15) is 14.4 Å². The first-order valence-corrected chi connectivity index (χ1v) is 12.0. The van der Waals surface area contributed by atoms with Crippen molar-refractivity contribution in [2.24, 2.45) is 5.92 Å². The molecule has 180 valence electrons. The molecule has 0 saturated carbocycles. The first-order valence-electron chi connectivity index (χ1n) is 11.2. The van der Waals surface area contributed by atoms with Crippen molar-refractivity contribution in [3.05, 3.63) is 70.7 Å². The minimum absolute atomic E-state index is 0.0556. The highest BCUT2D eigenvalue weighted by atomic mass is 32.1. The topological polar surface area (TPSA) is 127 Å². The molecule has 1 aliphatic carbocycles. The number of benzene rings is 2. The number of anilines is 1. The van der Waals surface area contributed by atoms with Crippen LogP contribution in [0.4, 0.5) is 9.93 Å². The van der Waals surface area contributed by atoms with Crippen LogP contribution in [0, 0.1) is 5.92 Å². The largest absolute Gasteiger partial charge is 0.479 e. The number of carbonyl (C=O) groups is 3. The average Bonchev–Trinajstić information content (AvgIpc) is 3.59. The van der Waals surface area contributed by atoms with Gasteiger partial charge in [-0.3, -0.25) is 10.1 Å². The normalized spacial score (nSPS) is 18.5. The molecule has 2 aromatic carbocycles. The number of carboxylic acids is 1. The summed E-state index contributed by atoms with van der Waals surface area (Å²) >= 11 is 1.01. The van der Waals surface area contributed by atoms with Gasteiger partial charge >= 0.3 is 12.1 Å². The molecule has 5 rings (SSSR count). The molecule has 0 radical (unpaired) electrons. The Labute approximate surface area is 205 Å². The fraction of sp³-hybridized carbons (Fsp3) is 0.280. The Kier molecular flexibility index (Phi) is 6.47. The van der Waals surface area contributed by atoms with Crippen molar-refractivity contribution >= 4 is 34.4 Å². The van der Waals surface area contributed by atoms with E-state index in [4.69, 9.17) is 14.6 Å². The zero-order valence-electron chi connectivity index (χ0n) is 18.6. The third-order valence-electron chi connectivity index (χ3n) is 6.26. The van der Waals surface area contributed by atoms with E-state index in [0.29, 0.717) is 17.9 Å². The molecular formula is C25H23N3O6S. The number of aliphatic carboxylic acids is 1. The van der Waals surface area contributed by atoms with E-state index >= 15 is 0 Å². The van der Waals surface area contributed by atoms with E-state index < -0.39 is 18.2 Å². The summed E-state index contributed by atoms with van der Waals surface area (Å²) < 4.78 is 10.7.